The Kier molecular flexibility index (Phi) is 4.31. The van der Waals surface area contributed by atoms with Crippen molar-refractivity contribution in [1.82, 2.24) is 4.72 Å². The van der Waals surface area contributed by atoms with E-state index in [2.05, 4.69) is 10.0 Å². The van der Waals surface area contributed by atoms with Gasteiger partial charge in [0.2, 0.25) is 10.0 Å². The van der Waals surface area contributed by atoms with Crippen LogP contribution in [-0.2, 0) is 10.0 Å². The van der Waals surface area contributed by atoms with Gasteiger partial charge in [-0.15, -0.1) is 0 Å². The van der Waals surface area contributed by atoms with Crippen molar-refractivity contribution in [1.29, 1.82) is 0 Å². The summed E-state index contributed by atoms with van der Waals surface area (Å²) in [5, 5.41) is 3.21. The lowest BCUT2D eigenvalue weighted by atomic mass is 9.83. The average Bonchev–Trinajstić information content (AvgIpc) is 2.33. The largest absolute Gasteiger partial charge is 0.399 e. The molecule has 6 heteroatoms. The van der Waals surface area contributed by atoms with E-state index >= 15 is 0 Å². The van der Waals surface area contributed by atoms with Gasteiger partial charge < -0.3 is 11.1 Å². The zero-order valence-electron chi connectivity index (χ0n) is 11.1. The van der Waals surface area contributed by atoms with Gasteiger partial charge in [0.15, 0.2) is 0 Å². The molecule has 1 aliphatic rings. The molecule has 0 saturated heterocycles. The van der Waals surface area contributed by atoms with E-state index in [-0.39, 0.29) is 4.90 Å². The van der Waals surface area contributed by atoms with Gasteiger partial charge in [0.25, 0.3) is 0 Å². The molecule has 0 bridgehead atoms. The predicted octanol–water partition coefficient (Wildman–Crippen LogP) is 1.78. The van der Waals surface area contributed by atoms with Crippen molar-refractivity contribution in [2.45, 2.75) is 30.6 Å². The van der Waals surface area contributed by atoms with Gasteiger partial charge in [0.05, 0.1) is 5.69 Å². The third kappa shape index (κ3) is 3.39. The van der Waals surface area contributed by atoms with Crippen molar-refractivity contribution in [3.05, 3.63) is 18.2 Å². The molecule has 106 valence electrons. The van der Waals surface area contributed by atoms with Crippen molar-refractivity contribution < 1.29 is 8.42 Å². The van der Waals surface area contributed by atoms with E-state index in [4.69, 9.17) is 5.73 Å². The second-order valence-electron chi connectivity index (χ2n) is 4.98. The van der Waals surface area contributed by atoms with Crippen molar-refractivity contribution in [2.24, 2.45) is 5.92 Å². The summed E-state index contributed by atoms with van der Waals surface area (Å²) in [5.74, 6) is 0.797. The first kappa shape index (κ1) is 14.1. The Hall–Kier alpha value is -1.27. The number of hydrogen-bond acceptors (Lipinski definition) is 4. The minimum absolute atomic E-state index is 0.212. The predicted molar refractivity (Wildman–Crippen MR) is 77.5 cm³/mol. The molecule has 0 atom stereocenters. The van der Waals surface area contributed by atoms with Crippen molar-refractivity contribution >= 4 is 21.4 Å². The number of hydrogen-bond donors (Lipinski definition) is 3. The van der Waals surface area contributed by atoms with Gasteiger partial charge in [-0.1, -0.05) is 19.3 Å². The minimum atomic E-state index is -3.49. The van der Waals surface area contributed by atoms with Gasteiger partial charge in [-0.05, 0) is 37.6 Å². The molecule has 5 nitrogen and oxygen atoms in total. The maximum atomic E-state index is 11.9. The minimum Gasteiger partial charge on any atom is -0.399 e. The molecule has 1 aromatic carbocycles. The molecule has 0 amide bonds. The number of nitrogens with two attached hydrogens (primary N) is 1. The van der Waals surface area contributed by atoms with E-state index in [1.807, 2.05) is 0 Å². The van der Waals surface area contributed by atoms with Gasteiger partial charge in [0.1, 0.15) is 4.90 Å². The van der Waals surface area contributed by atoms with Crippen LogP contribution in [0.3, 0.4) is 0 Å². The Morgan fingerprint density at radius 1 is 1.37 bits per heavy atom. The number of sulfonamides is 1. The maximum absolute atomic E-state index is 11.9. The van der Waals surface area contributed by atoms with E-state index in [1.165, 1.54) is 32.4 Å². The van der Waals surface area contributed by atoms with E-state index in [0.717, 1.165) is 18.9 Å². The molecular formula is C13H21N3O2S. The molecule has 1 aromatic rings. The molecule has 19 heavy (non-hydrogen) atoms. The Morgan fingerprint density at radius 2 is 2.11 bits per heavy atom. The summed E-state index contributed by atoms with van der Waals surface area (Å²) in [5.41, 5.74) is 6.72. The summed E-state index contributed by atoms with van der Waals surface area (Å²) in [6, 6.07) is 4.91. The summed E-state index contributed by atoms with van der Waals surface area (Å²) in [6.45, 7) is 0.792. The van der Waals surface area contributed by atoms with Crippen molar-refractivity contribution in [3.8, 4) is 0 Å². The third-order valence-corrected chi connectivity index (χ3v) is 5.11. The van der Waals surface area contributed by atoms with Gasteiger partial charge >= 0.3 is 0 Å². The van der Waals surface area contributed by atoms with E-state index < -0.39 is 10.0 Å². The average molecular weight is 283 g/mol. The van der Waals surface area contributed by atoms with E-state index in [9.17, 15) is 8.42 Å². The molecule has 0 aromatic heterocycles. The molecule has 1 saturated carbocycles. The van der Waals surface area contributed by atoms with Crippen LogP contribution in [0, 0.1) is 5.92 Å². The second-order valence-corrected chi connectivity index (χ2v) is 6.83. The first-order chi connectivity index (χ1) is 9.03. The van der Waals surface area contributed by atoms with Crippen LogP contribution in [0.2, 0.25) is 0 Å². The Balaban J connectivity index is 2.10. The highest BCUT2D eigenvalue weighted by Crippen LogP contribution is 2.30. The van der Waals surface area contributed by atoms with Gasteiger partial charge in [-0.3, -0.25) is 0 Å². The fourth-order valence-electron chi connectivity index (χ4n) is 2.21. The topological polar surface area (TPSA) is 84.2 Å². The van der Waals surface area contributed by atoms with Gasteiger partial charge in [-0.2, -0.15) is 0 Å². The Labute approximate surface area is 114 Å². The molecule has 0 heterocycles. The van der Waals surface area contributed by atoms with E-state index in [0.29, 0.717) is 11.4 Å². The Morgan fingerprint density at radius 3 is 2.68 bits per heavy atom. The summed E-state index contributed by atoms with van der Waals surface area (Å²) < 4.78 is 26.2. The SMILES string of the molecule is CNS(=O)(=O)c1cc(N)ccc1NCCC1CCC1. The molecule has 1 fully saturated rings. The van der Waals surface area contributed by atoms with Gasteiger partial charge in [0, 0.05) is 12.2 Å². The molecular weight excluding hydrogens is 262 g/mol. The zero-order chi connectivity index (χ0) is 13.9. The number of nitrogens with one attached hydrogen (secondary N) is 2. The first-order valence-electron chi connectivity index (χ1n) is 6.60. The smallest absolute Gasteiger partial charge is 0.242 e. The molecule has 0 spiro atoms. The summed E-state index contributed by atoms with van der Waals surface area (Å²) >= 11 is 0. The Bertz CT molecular complexity index is 539. The molecule has 0 aliphatic heterocycles. The highest BCUT2D eigenvalue weighted by atomic mass is 32.2. The van der Waals surface area contributed by atoms with Crippen LogP contribution in [0.4, 0.5) is 11.4 Å². The van der Waals surface area contributed by atoms with Crippen LogP contribution >= 0.6 is 0 Å². The normalized spacial score (nSPS) is 16.1. The fourth-order valence-corrected chi connectivity index (χ4v) is 3.15. The van der Waals surface area contributed by atoms with Crippen LogP contribution < -0.4 is 15.8 Å². The molecule has 4 N–H and O–H groups in total. The number of anilines is 2. The number of rotatable bonds is 6. The summed E-state index contributed by atoms with van der Waals surface area (Å²) in [6.07, 6.45) is 5.01. The van der Waals surface area contributed by atoms with Crippen LogP contribution in [-0.4, -0.2) is 22.0 Å². The zero-order valence-corrected chi connectivity index (χ0v) is 12.0. The number of nitrogen functional groups attached to an aromatic ring is 1. The van der Waals surface area contributed by atoms with Gasteiger partial charge in [-0.25, -0.2) is 13.1 Å². The quantitative estimate of drug-likeness (QED) is 0.695. The van der Waals surface area contributed by atoms with Crippen molar-refractivity contribution in [3.63, 3.8) is 0 Å². The highest BCUT2D eigenvalue weighted by Gasteiger charge is 2.19. The lowest BCUT2D eigenvalue weighted by molar-refractivity contribution is 0.303. The molecule has 2 rings (SSSR count). The van der Waals surface area contributed by atoms with Crippen LogP contribution in [0.1, 0.15) is 25.7 Å². The summed E-state index contributed by atoms with van der Waals surface area (Å²) in [7, 11) is -2.09. The lowest BCUT2D eigenvalue weighted by Crippen LogP contribution is -2.21. The molecule has 0 radical (unpaired) electrons. The van der Waals surface area contributed by atoms with Crippen LogP contribution in [0.15, 0.2) is 23.1 Å². The first-order valence-corrected chi connectivity index (χ1v) is 8.08. The van der Waals surface area contributed by atoms with Crippen LogP contribution in [0.5, 0.6) is 0 Å². The monoisotopic (exact) mass is 283 g/mol. The molecule has 0 unspecified atom stereocenters. The maximum Gasteiger partial charge on any atom is 0.242 e. The highest BCUT2D eigenvalue weighted by molar-refractivity contribution is 7.89. The second kappa shape index (κ2) is 5.79. The fraction of sp³-hybridized carbons (Fsp3) is 0.538. The standard InChI is InChI=1S/C13H21N3O2S/c1-15-19(17,18)13-9-11(14)5-6-12(13)16-8-7-10-3-2-4-10/h5-6,9-10,15-16H,2-4,7-8,14H2,1H3. The summed E-state index contributed by atoms with van der Waals surface area (Å²) in [4.78, 5) is 0.212. The van der Waals surface area contributed by atoms with E-state index in [1.54, 1.807) is 12.1 Å². The number of benzene rings is 1. The van der Waals surface area contributed by atoms with Crippen molar-refractivity contribution in [2.75, 3.05) is 24.6 Å². The van der Waals surface area contributed by atoms with Crippen LogP contribution in [0.25, 0.3) is 0 Å². The third-order valence-electron chi connectivity index (χ3n) is 3.66. The lowest BCUT2D eigenvalue weighted by Gasteiger charge is -2.25. The molecule has 1 aliphatic carbocycles.